The minimum atomic E-state index is -1.00. The van der Waals surface area contributed by atoms with Gasteiger partial charge in [-0.05, 0) is 40.3 Å². The maximum absolute atomic E-state index is 9.43. The lowest BCUT2D eigenvalue weighted by Gasteiger charge is -2.09. The smallest absolute Gasteiger partial charge is 0.164 e. The second-order valence-corrected chi connectivity index (χ2v) is 11.3. The minimum Gasteiger partial charge on any atom is -0.208 e. The first-order chi connectivity index (χ1) is 36.3. The summed E-state index contributed by atoms with van der Waals surface area (Å²) in [4.78, 5) is 12.6. The second kappa shape index (κ2) is 12.7. The van der Waals surface area contributed by atoms with Crippen LogP contribution in [0.3, 0.4) is 0 Å². The van der Waals surface area contributed by atoms with Gasteiger partial charge >= 0.3 is 0 Å². The van der Waals surface area contributed by atoms with Crippen LogP contribution in [0.4, 0.5) is 0 Å². The molecule has 50 heavy (non-hydrogen) atoms. The fraction of sp³-hybridized carbons (Fsp3) is 0.0217. The van der Waals surface area contributed by atoms with Gasteiger partial charge in [0.15, 0.2) is 17.5 Å². The second-order valence-electron chi connectivity index (χ2n) is 10.3. The van der Waals surface area contributed by atoms with Crippen molar-refractivity contribution in [2.75, 3.05) is 0 Å². The summed E-state index contributed by atoms with van der Waals surface area (Å²) in [7, 11) is 0. The van der Waals surface area contributed by atoms with Crippen LogP contribution in [0.2, 0.25) is 0 Å². The summed E-state index contributed by atoms with van der Waals surface area (Å²) >= 11 is 0.537. The molecule has 0 N–H and O–H groups in total. The van der Waals surface area contributed by atoms with Crippen molar-refractivity contribution in [1.82, 2.24) is 15.0 Å². The standard InChI is InChI=1S/C46H31N3S/c1-30-11-8-16-37(29-30)31-21-23-32(24-22-31)38-17-9-19-40-41-20-10-18-39(43(41)50-42(38)40)33-25-27-36(28-26-33)46-48-44(34-12-4-2-5-13-34)47-45(49-46)35-14-6-3-7-15-35/h2-29H,1H3/i2D,3D,4D,5D,6D,7D,8D,9D,10D,11D,12D,13D,14D,15D,16D,17D,18D,19D,20D,21D,22D,23D,24D,25D,26D,27D,28D,29D. The maximum atomic E-state index is 9.43. The molecule has 4 heteroatoms. The third kappa shape index (κ3) is 5.56. The van der Waals surface area contributed by atoms with Crippen LogP contribution in [-0.2, 0) is 0 Å². The third-order valence-corrected chi connectivity index (χ3v) is 8.39. The van der Waals surface area contributed by atoms with Crippen LogP contribution in [0.5, 0.6) is 0 Å². The molecule has 0 atom stereocenters. The van der Waals surface area contributed by atoms with Crippen molar-refractivity contribution in [3.8, 4) is 67.5 Å². The van der Waals surface area contributed by atoms with Crippen molar-refractivity contribution < 1.29 is 38.4 Å². The lowest BCUT2D eigenvalue weighted by molar-refractivity contribution is 1.07. The molecule has 9 rings (SSSR count). The Morgan fingerprint density at radius 1 is 0.380 bits per heavy atom. The summed E-state index contributed by atoms with van der Waals surface area (Å²) in [5.74, 6) is -2.40. The van der Waals surface area contributed by atoms with Crippen LogP contribution in [0.15, 0.2) is 169 Å². The van der Waals surface area contributed by atoms with Gasteiger partial charge < -0.3 is 0 Å². The number of thiophene rings is 1. The average molecular weight is 686 g/mol. The number of aromatic nitrogens is 3. The Morgan fingerprint density at radius 2 is 0.780 bits per heavy atom. The highest BCUT2D eigenvalue weighted by Crippen LogP contribution is 2.44. The van der Waals surface area contributed by atoms with Gasteiger partial charge in [-0.2, -0.15) is 0 Å². The molecule has 3 nitrogen and oxygen atoms in total. The van der Waals surface area contributed by atoms with E-state index in [1.165, 1.54) is 6.92 Å². The Hall–Kier alpha value is -6.23. The van der Waals surface area contributed by atoms with Crippen LogP contribution >= 0.6 is 11.3 Å². The van der Waals surface area contributed by atoms with E-state index in [0.29, 0.717) is 11.3 Å². The number of rotatable bonds is 6. The highest BCUT2D eigenvalue weighted by atomic mass is 32.1. The van der Waals surface area contributed by atoms with E-state index >= 15 is 0 Å². The molecule has 0 spiro atoms. The largest absolute Gasteiger partial charge is 0.208 e. The third-order valence-electron chi connectivity index (χ3n) is 7.17. The van der Waals surface area contributed by atoms with Crippen LogP contribution < -0.4 is 0 Å². The molecule has 9 aromatic rings. The summed E-state index contributed by atoms with van der Waals surface area (Å²) in [6, 6.07) is -23.3. The highest BCUT2D eigenvalue weighted by Gasteiger charge is 2.16. The molecular weight excluding hydrogens is 627 g/mol. The van der Waals surface area contributed by atoms with Gasteiger partial charge in [0.05, 0.1) is 38.4 Å². The highest BCUT2D eigenvalue weighted by molar-refractivity contribution is 7.26. The molecule has 0 bridgehead atoms. The zero-order valence-electron chi connectivity index (χ0n) is 53.2. The van der Waals surface area contributed by atoms with E-state index in [0.717, 1.165) is 0 Å². The van der Waals surface area contributed by atoms with Crippen molar-refractivity contribution in [3.63, 3.8) is 0 Å². The molecule has 0 unspecified atom stereocenters. The van der Waals surface area contributed by atoms with E-state index in [1.54, 1.807) is 0 Å². The molecule has 0 aliphatic rings. The van der Waals surface area contributed by atoms with Crippen molar-refractivity contribution in [3.05, 3.63) is 175 Å². The van der Waals surface area contributed by atoms with E-state index < -0.39 is 237 Å². The monoisotopic (exact) mass is 685 g/mol. The van der Waals surface area contributed by atoms with Gasteiger partial charge in [0, 0.05) is 36.9 Å². The number of fused-ring (bicyclic) bond motifs is 3. The summed E-state index contributed by atoms with van der Waals surface area (Å²) in [5, 5.41) is -0.749. The molecule has 0 amide bonds. The minimum absolute atomic E-state index is 0.0913. The number of benzene rings is 7. The number of hydrogen-bond donors (Lipinski definition) is 0. The maximum Gasteiger partial charge on any atom is 0.164 e. The molecule has 236 valence electrons. The Morgan fingerprint density at radius 3 is 1.28 bits per heavy atom. The van der Waals surface area contributed by atoms with Gasteiger partial charge in [0.2, 0.25) is 0 Å². The first kappa shape index (κ1) is 12.6. The van der Waals surface area contributed by atoms with Gasteiger partial charge in [-0.1, -0.05) is 175 Å². The van der Waals surface area contributed by atoms with E-state index in [9.17, 15) is 9.60 Å². The normalized spacial score (nSPS) is 19.1. The van der Waals surface area contributed by atoms with Crippen molar-refractivity contribution in [1.29, 1.82) is 0 Å². The summed E-state index contributed by atoms with van der Waals surface area (Å²) in [5.41, 5.74) is -5.77. The Kier molecular flexibility index (Phi) is 3.19. The lowest BCUT2D eigenvalue weighted by atomic mass is 9.97. The molecule has 2 aromatic heterocycles. The van der Waals surface area contributed by atoms with Crippen LogP contribution in [0, 0.1) is 6.92 Å². The molecule has 0 aliphatic carbocycles. The number of hydrogen-bond acceptors (Lipinski definition) is 4. The first-order valence-corrected chi connectivity index (χ1v) is 15.3. The topological polar surface area (TPSA) is 38.7 Å². The molecule has 2 heterocycles. The Balaban J connectivity index is 1.36. The van der Waals surface area contributed by atoms with E-state index in [1.807, 2.05) is 0 Å². The zero-order valence-corrected chi connectivity index (χ0v) is 26.1. The Bertz CT molecular complexity index is 4040. The van der Waals surface area contributed by atoms with E-state index in [-0.39, 0.29) is 25.7 Å². The van der Waals surface area contributed by atoms with Crippen LogP contribution in [0.25, 0.3) is 87.7 Å². The fourth-order valence-corrected chi connectivity index (χ4v) is 6.13. The Labute approximate surface area is 334 Å². The molecule has 0 saturated heterocycles. The SMILES string of the molecule is [2H]c1c([2H])c([2H])c(-c2nc(-c3c([2H])c([2H])c([2H])c([2H])c3[2H])nc(-c3c([2H])c([2H])c(-c4c([2H])c([2H])c([2H])c5c4sc4c(-c6c([2H])c([2H])c(-c7c([2H])c([2H])c([2H])c(C)c7[2H])c([2H])c6[2H])c([2H])c([2H])c([2H])c45)c([2H])c3[2H])n2)c([2H])c1[2H]. The fourth-order valence-electron chi connectivity index (χ4n) is 4.91. The molecular formula is C46H31N3S. The van der Waals surface area contributed by atoms with Crippen LogP contribution in [0.1, 0.15) is 43.9 Å². The van der Waals surface area contributed by atoms with Gasteiger partial charge in [-0.25, -0.2) is 15.0 Å². The molecule has 0 aliphatic heterocycles. The molecule has 7 aromatic carbocycles. The van der Waals surface area contributed by atoms with Gasteiger partial charge in [0.1, 0.15) is 0 Å². The predicted octanol–water partition coefficient (Wildman–Crippen LogP) is 12.5. The van der Waals surface area contributed by atoms with Crippen molar-refractivity contribution in [2.45, 2.75) is 6.92 Å². The quantitative estimate of drug-likeness (QED) is 0.175. The average Bonchev–Trinajstić information content (AvgIpc) is 4.03. The predicted molar refractivity (Wildman–Crippen MR) is 210 cm³/mol. The van der Waals surface area contributed by atoms with Crippen molar-refractivity contribution >= 4 is 31.5 Å². The number of nitrogens with zero attached hydrogens (tertiary/aromatic N) is 3. The van der Waals surface area contributed by atoms with Crippen LogP contribution in [-0.4, -0.2) is 15.0 Å². The van der Waals surface area contributed by atoms with Crippen molar-refractivity contribution in [2.24, 2.45) is 0 Å². The van der Waals surface area contributed by atoms with E-state index in [4.69, 9.17) is 28.8 Å². The van der Waals surface area contributed by atoms with E-state index in [2.05, 4.69) is 15.0 Å². The lowest BCUT2D eigenvalue weighted by Crippen LogP contribution is -2.00. The van der Waals surface area contributed by atoms with Gasteiger partial charge in [0.25, 0.3) is 0 Å². The van der Waals surface area contributed by atoms with Gasteiger partial charge in [-0.3, -0.25) is 0 Å². The van der Waals surface area contributed by atoms with Gasteiger partial charge in [-0.15, -0.1) is 11.3 Å². The molecule has 0 fully saturated rings. The molecule has 0 saturated carbocycles. The molecule has 0 radical (unpaired) electrons. The summed E-state index contributed by atoms with van der Waals surface area (Å²) in [6.07, 6.45) is 0. The summed E-state index contributed by atoms with van der Waals surface area (Å²) < 4.78 is 246. The summed E-state index contributed by atoms with van der Waals surface area (Å²) in [6.45, 7) is 1.31. The first-order valence-electron chi connectivity index (χ1n) is 28.5. The zero-order chi connectivity index (χ0) is 57.8.